The second-order valence-electron chi connectivity index (χ2n) is 8.65. The Kier molecular flexibility index (Phi) is 3.88. The number of nitrogens with zero attached hydrogens (tertiary/aromatic N) is 1. The van der Waals surface area contributed by atoms with Gasteiger partial charge in [-0.05, 0) is 67.5 Å². The number of rotatable bonds is 1. The Balaban J connectivity index is 1.97. The molecule has 4 rings (SSSR count). The molecule has 1 aliphatic rings. The highest BCUT2D eigenvalue weighted by Gasteiger charge is 2.31. The molecular formula is C24H27NO2. The molecule has 27 heavy (non-hydrogen) atoms. The van der Waals surface area contributed by atoms with Crippen molar-refractivity contribution in [3.63, 3.8) is 0 Å². The maximum atomic E-state index is 6.08. The van der Waals surface area contributed by atoms with Crippen LogP contribution in [0.25, 0.3) is 0 Å². The number of furan rings is 1. The summed E-state index contributed by atoms with van der Waals surface area (Å²) >= 11 is 0. The lowest BCUT2D eigenvalue weighted by molar-refractivity contribution is 0.335. The molecule has 0 saturated heterocycles. The molecule has 0 unspecified atom stereocenters. The van der Waals surface area contributed by atoms with Crippen LogP contribution in [0.3, 0.4) is 0 Å². The Morgan fingerprint density at radius 1 is 0.815 bits per heavy atom. The molecule has 0 fully saturated rings. The molecule has 3 aromatic rings. The summed E-state index contributed by atoms with van der Waals surface area (Å²) in [4.78, 5) is 2.28. The number of fused-ring (bicyclic) bond motifs is 2. The van der Waals surface area contributed by atoms with Gasteiger partial charge in [0.05, 0.1) is 11.4 Å². The van der Waals surface area contributed by atoms with E-state index < -0.39 is 0 Å². The summed E-state index contributed by atoms with van der Waals surface area (Å²) in [7, 11) is 0. The Morgan fingerprint density at radius 3 is 2.11 bits per heavy atom. The maximum absolute atomic E-state index is 6.08. The minimum atomic E-state index is 0.117. The summed E-state index contributed by atoms with van der Waals surface area (Å²) in [5.41, 5.74) is 8.32. The number of aryl methyl sites for hydroxylation is 4. The Bertz CT molecular complexity index is 1010. The third kappa shape index (κ3) is 2.91. The van der Waals surface area contributed by atoms with Gasteiger partial charge in [-0.1, -0.05) is 39.0 Å². The molecule has 0 spiro atoms. The minimum absolute atomic E-state index is 0.117. The molecule has 1 aromatic heterocycles. The molecule has 3 nitrogen and oxygen atoms in total. The predicted molar refractivity (Wildman–Crippen MR) is 111 cm³/mol. The van der Waals surface area contributed by atoms with E-state index in [9.17, 15) is 0 Å². The first-order chi connectivity index (χ1) is 12.6. The second-order valence-corrected chi connectivity index (χ2v) is 8.65. The highest BCUT2D eigenvalue weighted by Crippen LogP contribution is 2.53. The smallest absolute Gasteiger partial charge is 0.315 e. The second kappa shape index (κ2) is 5.91. The van der Waals surface area contributed by atoms with Crippen molar-refractivity contribution in [3.8, 4) is 11.7 Å². The number of hydrogen-bond acceptors (Lipinski definition) is 3. The van der Waals surface area contributed by atoms with E-state index in [0.717, 1.165) is 28.4 Å². The maximum Gasteiger partial charge on any atom is 0.315 e. The lowest BCUT2D eigenvalue weighted by atomic mass is 9.84. The van der Waals surface area contributed by atoms with Crippen LogP contribution in [0, 0.1) is 27.7 Å². The molecule has 1 aliphatic heterocycles. The highest BCUT2D eigenvalue weighted by atomic mass is 16.6. The summed E-state index contributed by atoms with van der Waals surface area (Å²) < 4.78 is 11.9. The highest BCUT2D eigenvalue weighted by molar-refractivity contribution is 5.88. The number of benzene rings is 2. The number of anilines is 3. The molecule has 0 atom stereocenters. The lowest BCUT2D eigenvalue weighted by Crippen LogP contribution is -2.18. The molecule has 0 saturated carbocycles. The first-order valence-corrected chi connectivity index (χ1v) is 9.46. The van der Waals surface area contributed by atoms with Crippen LogP contribution in [-0.2, 0) is 5.41 Å². The van der Waals surface area contributed by atoms with E-state index in [1.165, 1.54) is 22.4 Å². The van der Waals surface area contributed by atoms with E-state index in [-0.39, 0.29) is 5.41 Å². The van der Waals surface area contributed by atoms with Gasteiger partial charge in [-0.2, -0.15) is 0 Å². The molecule has 2 aromatic carbocycles. The third-order valence-electron chi connectivity index (χ3n) is 5.18. The van der Waals surface area contributed by atoms with Gasteiger partial charge < -0.3 is 14.1 Å². The molecule has 140 valence electrons. The summed E-state index contributed by atoms with van der Waals surface area (Å²) in [5.74, 6) is 2.23. The normalized spacial score (nSPS) is 13.2. The van der Waals surface area contributed by atoms with Crippen molar-refractivity contribution in [2.45, 2.75) is 53.9 Å². The van der Waals surface area contributed by atoms with Crippen LogP contribution in [0.2, 0.25) is 0 Å². The Labute approximate surface area is 161 Å². The van der Waals surface area contributed by atoms with Crippen LogP contribution in [0.15, 0.2) is 40.8 Å². The van der Waals surface area contributed by atoms with Gasteiger partial charge in [0.2, 0.25) is 0 Å². The molecule has 3 heteroatoms. The van der Waals surface area contributed by atoms with Crippen molar-refractivity contribution in [3.05, 3.63) is 64.4 Å². The Morgan fingerprint density at radius 2 is 1.48 bits per heavy atom. The average molecular weight is 361 g/mol. The SMILES string of the molecule is Cc1ccc2c(c1)Oc1oc(C)cc1N2c1c(C)cc(C(C)(C)C)cc1C. The van der Waals surface area contributed by atoms with Crippen molar-refractivity contribution in [2.24, 2.45) is 0 Å². The molecule has 2 heterocycles. The van der Waals surface area contributed by atoms with Crippen LogP contribution in [-0.4, -0.2) is 0 Å². The molecule has 0 bridgehead atoms. The van der Waals surface area contributed by atoms with Gasteiger partial charge in [0, 0.05) is 6.07 Å². The fourth-order valence-electron chi connectivity index (χ4n) is 3.81. The van der Waals surface area contributed by atoms with Gasteiger partial charge in [0.1, 0.15) is 11.4 Å². The zero-order chi connectivity index (χ0) is 19.5. The van der Waals surface area contributed by atoms with Gasteiger partial charge in [0.25, 0.3) is 0 Å². The van der Waals surface area contributed by atoms with E-state index in [4.69, 9.17) is 9.15 Å². The van der Waals surface area contributed by atoms with Gasteiger partial charge in [-0.25, -0.2) is 0 Å². The van der Waals surface area contributed by atoms with E-state index in [0.29, 0.717) is 5.95 Å². The van der Waals surface area contributed by atoms with Crippen LogP contribution < -0.4 is 9.64 Å². The van der Waals surface area contributed by atoms with Crippen molar-refractivity contribution >= 4 is 17.1 Å². The van der Waals surface area contributed by atoms with Gasteiger partial charge >= 0.3 is 5.95 Å². The molecular weight excluding hydrogens is 334 g/mol. The zero-order valence-corrected chi connectivity index (χ0v) is 17.2. The van der Waals surface area contributed by atoms with E-state index >= 15 is 0 Å². The van der Waals surface area contributed by atoms with Crippen LogP contribution in [0.5, 0.6) is 11.7 Å². The van der Waals surface area contributed by atoms with Crippen LogP contribution >= 0.6 is 0 Å². The van der Waals surface area contributed by atoms with E-state index in [1.807, 2.05) is 6.92 Å². The molecule has 0 N–H and O–H groups in total. The fourth-order valence-corrected chi connectivity index (χ4v) is 3.81. The molecule has 0 radical (unpaired) electrons. The first kappa shape index (κ1) is 17.7. The van der Waals surface area contributed by atoms with E-state index in [1.54, 1.807) is 0 Å². The predicted octanol–water partition coefficient (Wildman–Crippen LogP) is 7.39. The quantitative estimate of drug-likeness (QED) is 0.353. The molecule has 0 aliphatic carbocycles. The summed E-state index contributed by atoms with van der Waals surface area (Å²) in [6.45, 7) is 15.2. The van der Waals surface area contributed by atoms with Gasteiger partial charge in [-0.3, -0.25) is 0 Å². The van der Waals surface area contributed by atoms with Crippen LogP contribution in [0.4, 0.5) is 17.1 Å². The largest absolute Gasteiger partial charge is 0.429 e. The van der Waals surface area contributed by atoms with Crippen molar-refractivity contribution < 1.29 is 9.15 Å². The standard InChI is InChI=1S/C24H27NO2/c1-14-8-9-19-21(10-14)27-23-20(13-17(4)26-23)25(19)22-15(2)11-18(12-16(22)3)24(5,6)7/h8-13H,1-7H3. The topological polar surface area (TPSA) is 25.6 Å². The summed E-state index contributed by atoms with van der Waals surface area (Å²) in [5, 5.41) is 0. The van der Waals surface area contributed by atoms with Crippen molar-refractivity contribution in [1.82, 2.24) is 0 Å². The summed E-state index contributed by atoms with van der Waals surface area (Å²) in [6, 6.07) is 13.0. The van der Waals surface area contributed by atoms with Gasteiger partial charge in [0.15, 0.2) is 5.75 Å². The van der Waals surface area contributed by atoms with Gasteiger partial charge in [-0.15, -0.1) is 0 Å². The first-order valence-electron chi connectivity index (χ1n) is 9.46. The lowest BCUT2D eigenvalue weighted by Gasteiger charge is -2.33. The monoisotopic (exact) mass is 361 g/mol. The number of ether oxygens (including phenoxy) is 1. The Hall–Kier alpha value is -2.68. The van der Waals surface area contributed by atoms with Crippen molar-refractivity contribution in [1.29, 1.82) is 0 Å². The fraction of sp³-hybridized carbons (Fsp3) is 0.333. The van der Waals surface area contributed by atoms with E-state index in [2.05, 4.69) is 82.8 Å². The minimum Gasteiger partial charge on any atom is -0.429 e. The third-order valence-corrected chi connectivity index (χ3v) is 5.18. The van der Waals surface area contributed by atoms with Crippen LogP contribution in [0.1, 0.15) is 48.8 Å². The molecule has 0 amide bonds. The summed E-state index contributed by atoms with van der Waals surface area (Å²) in [6.07, 6.45) is 0. The average Bonchev–Trinajstić information content (AvgIpc) is 2.92. The van der Waals surface area contributed by atoms with Crippen molar-refractivity contribution in [2.75, 3.05) is 4.90 Å². The zero-order valence-electron chi connectivity index (χ0n) is 17.2. The number of hydrogen-bond donors (Lipinski definition) is 0.